The second-order valence-corrected chi connectivity index (χ2v) is 9.14. The van der Waals surface area contributed by atoms with Crippen molar-refractivity contribution in [2.75, 3.05) is 13.2 Å². The minimum Gasteiger partial charge on any atom is -0.494 e. The molecule has 0 fully saturated rings. The summed E-state index contributed by atoms with van der Waals surface area (Å²) in [5, 5.41) is 1.22. The van der Waals surface area contributed by atoms with Crippen molar-refractivity contribution in [3.05, 3.63) is 88.0 Å². The van der Waals surface area contributed by atoms with Gasteiger partial charge in [0.1, 0.15) is 23.0 Å². The lowest BCUT2D eigenvalue weighted by atomic mass is 10.0. The Bertz CT molecular complexity index is 1440. The van der Waals surface area contributed by atoms with Gasteiger partial charge in [0, 0.05) is 10.4 Å². The first-order valence-corrected chi connectivity index (χ1v) is 12.9. The van der Waals surface area contributed by atoms with Crippen LogP contribution in [0.3, 0.4) is 0 Å². The van der Waals surface area contributed by atoms with Crippen molar-refractivity contribution in [2.24, 2.45) is 0 Å². The number of carbonyl (C=O) groups excluding carboxylic acids is 2. The van der Waals surface area contributed by atoms with Crippen molar-refractivity contribution >= 4 is 23.1 Å². The zero-order valence-electron chi connectivity index (χ0n) is 21.2. The molecule has 0 saturated heterocycles. The lowest BCUT2D eigenvalue weighted by molar-refractivity contribution is -0.128. The first-order chi connectivity index (χ1) is 18.1. The Kier molecular flexibility index (Phi) is 7.26. The number of hydrogen-bond donors (Lipinski definition) is 0. The Hall–Kier alpha value is -4.06. The zero-order valence-corrected chi connectivity index (χ0v) is 21.2. The van der Waals surface area contributed by atoms with Gasteiger partial charge in [-0.1, -0.05) is 51.0 Å². The van der Waals surface area contributed by atoms with E-state index in [4.69, 9.17) is 18.9 Å². The molecule has 0 amide bonds. The van der Waals surface area contributed by atoms with Gasteiger partial charge in [0.05, 0.1) is 24.4 Å². The van der Waals surface area contributed by atoms with Crippen LogP contribution < -0.4 is 24.6 Å². The number of benzene rings is 2. The second kappa shape index (κ2) is 10.9. The zero-order chi connectivity index (χ0) is 25.8. The third-order valence-electron chi connectivity index (χ3n) is 6.48. The molecular weight excluding hydrogens is 468 g/mol. The van der Waals surface area contributed by atoms with Crippen LogP contribution >= 0.6 is 0 Å². The van der Waals surface area contributed by atoms with E-state index in [0.717, 1.165) is 48.3 Å². The summed E-state index contributed by atoms with van der Waals surface area (Å²) in [6.45, 7) is 5.55. The quantitative estimate of drug-likeness (QED) is 0.270. The van der Waals surface area contributed by atoms with Crippen LogP contribution in [-0.4, -0.2) is 25.2 Å². The summed E-state index contributed by atoms with van der Waals surface area (Å²) in [6.07, 6.45) is 12.4. The van der Waals surface area contributed by atoms with Crippen LogP contribution in [0.5, 0.6) is 17.2 Å². The number of unbranched alkanes of at least 4 members (excludes halogenated alkanes) is 2. The summed E-state index contributed by atoms with van der Waals surface area (Å²) in [5.41, 5.74) is 2.36. The predicted molar refractivity (Wildman–Crippen MR) is 141 cm³/mol. The monoisotopic (exact) mass is 498 g/mol. The summed E-state index contributed by atoms with van der Waals surface area (Å²) in [7, 11) is 0. The highest BCUT2D eigenvalue weighted by atomic mass is 16.5. The fourth-order valence-electron chi connectivity index (χ4n) is 4.48. The molecule has 6 nitrogen and oxygen atoms in total. The summed E-state index contributed by atoms with van der Waals surface area (Å²) in [4.78, 5) is 25.8. The third kappa shape index (κ3) is 5.10. The Morgan fingerprint density at radius 3 is 2.05 bits per heavy atom. The fourth-order valence-corrected chi connectivity index (χ4v) is 4.48. The van der Waals surface area contributed by atoms with Crippen molar-refractivity contribution in [1.82, 2.24) is 0 Å². The van der Waals surface area contributed by atoms with E-state index >= 15 is 0 Å². The lowest BCUT2D eigenvalue weighted by Crippen LogP contribution is -2.11. The summed E-state index contributed by atoms with van der Waals surface area (Å²) < 4.78 is 22.8. The van der Waals surface area contributed by atoms with Crippen LogP contribution in [0, 0.1) is 0 Å². The van der Waals surface area contributed by atoms with Crippen LogP contribution in [0.25, 0.3) is 11.1 Å². The minimum absolute atomic E-state index is 0.415. The molecule has 0 aromatic heterocycles. The van der Waals surface area contributed by atoms with Crippen LogP contribution in [0.2, 0.25) is 0 Å². The Morgan fingerprint density at radius 2 is 1.38 bits per heavy atom. The molecule has 2 heterocycles. The summed E-state index contributed by atoms with van der Waals surface area (Å²) in [6, 6.07) is 10.8. The van der Waals surface area contributed by atoms with E-state index in [2.05, 4.69) is 13.8 Å². The molecule has 2 aromatic carbocycles. The standard InChI is InChI=1S/C31H30O6/c1-3-5-16-34-22-9-7-8-20(10-13-22)28-24-18-27-25(19-26(24)36-30(28)32)29(31(33)37-27)21-11-14-23(15-12-21)35-17-6-4-2/h8-15,18-19H,3-7,16-17H2,1-2H3. The van der Waals surface area contributed by atoms with E-state index in [1.807, 2.05) is 48.6 Å². The smallest absolute Gasteiger partial charge is 0.344 e. The van der Waals surface area contributed by atoms with Gasteiger partial charge in [-0.2, -0.15) is 0 Å². The molecule has 190 valence electrons. The fraction of sp³-hybridized carbons (Fsp3) is 0.290. The molecule has 5 rings (SSSR count). The average molecular weight is 499 g/mol. The normalized spacial score (nSPS) is 15.9. The molecule has 1 aliphatic carbocycles. The molecule has 0 unspecified atom stereocenters. The molecule has 2 aliphatic heterocycles. The van der Waals surface area contributed by atoms with Gasteiger partial charge in [0.25, 0.3) is 0 Å². The van der Waals surface area contributed by atoms with Gasteiger partial charge in [0.15, 0.2) is 0 Å². The van der Waals surface area contributed by atoms with Gasteiger partial charge in [-0.3, -0.25) is 0 Å². The van der Waals surface area contributed by atoms with Crippen LogP contribution in [0.4, 0.5) is 0 Å². The van der Waals surface area contributed by atoms with Gasteiger partial charge in [-0.25, -0.2) is 9.59 Å². The van der Waals surface area contributed by atoms with Gasteiger partial charge in [-0.15, -0.1) is 0 Å². The van der Waals surface area contributed by atoms with E-state index in [-0.39, 0.29) is 0 Å². The van der Waals surface area contributed by atoms with Crippen molar-refractivity contribution in [3.8, 4) is 17.2 Å². The van der Waals surface area contributed by atoms with Crippen molar-refractivity contribution in [2.45, 2.75) is 46.0 Å². The number of fused-ring (bicyclic) bond motifs is 2. The molecule has 3 aliphatic rings. The Morgan fingerprint density at radius 1 is 0.757 bits per heavy atom. The molecule has 0 atom stereocenters. The van der Waals surface area contributed by atoms with Gasteiger partial charge >= 0.3 is 11.9 Å². The molecule has 0 bridgehead atoms. The first-order valence-electron chi connectivity index (χ1n) is 12.9. The first kappa shape index (κ1) is 24.6. The number of ether oxygens (including phenoxy) is 4. The number of allylic oxidation sites excluding steroid dienone is 4. The van der Waals surface area contributed by atoms with Gasteiger partial charge < -0.3 is 18.9 Å². The van der Waals surface area contributed by atoms with Crippen molar-refractivity contribution < 1.29 is 28.5 Å². The number of carbonyl (C=O) groups is 2. The average Bonchev–Trinajstić information content (AvgIpc) is 3.27. The summed E-state index contributed by atoms with van der Waals surface area (Å²) in [5.74, 6) is 1.52. The van der Waals surface area contributed by atoms with Crippen molar-refractivity contribution in [1.29, 1.82) is 0 Å². The predicted octanol–water partition coefficient (Wildman–Crippen LogP) is 4.64. The Labute approximate surface area is 216 Å². The van der Waals surface area contributed by atoms with E-state index in [1.54, 1.807) is 12.1 Å². The largest absolute Gasteiger partial charge is 0.494 e. The summed E-state index contributed by atoms with van der Waals surface area (Å²) >= 11 is 0. The minimum atomic E-state index is -0.433. The van der Waals surface area contributed by atoms with E-state index in [0.29, 0.717) is 52.7 Å². The molecule has 0 spiro atoms. The maximum atomic E-state index is 12.9. The lowest BCUT2D eigenvalue weighted by Gasteiger charge is -2.06. The van der Waals surface area contributed by atoms with Crippen LogP contribution in [0.1, 0.15) is 51.5 Å². The number of rotatable bonds is 10. The molecule has 0 radical (unpaired) electrons. The van der Waals surface area contributed by atoms with Crippen LogP contribution in [0.15, 0.2) is 72.0 Å². The topological polar surface area (TPSA) is 71.1 Å². The maximum Gasteiger partial charge on any atom is 0.344 e. The number of esters is 2. The van der Waals surface area contributed by atoms with Crippen LogP contribution in [-0.2, 0) is 14.3 Å². The molecule has 37 heavy (non-hydrogen) atoms. The van der Waals surface area contributed by atoms with E-state index in [1.165, 1.54) is 0 Å². The van der Waals surface area contributed by atoms with E-state index < -0.39 is 11.9 Å². The molecular formula is C31H30O6. The Balaban J connectivity index is 1.48. The van der Waals surface area contributed by atoms with Gasteiger partial charge in [0.2, 0.25) is 0 Å². The maximum absolute atomic E-state index is 12.9. The third-order valence-corrected chi connectivity index (χ3v) is 6.48. The number of hydrogen-bond acceptors (Lipinski definition) is 6. The van der Waals surface area contributed by atoms with Gasteiger partial charge in [-0.05, 0) is 66.8 Å². The highest BCUT2D eigenvalue weighted by molar-refractivity contribution is 6.21. The van der Waals surface area contributed by atoms with Crippen molar-refractivity contribution in [3.63, 3.8) is 0 Å². The molecule has 2 aromatic rings. The SMILES string of the molecule is CCCCOC1=CCC=C(C2=c3cc4c(cc3OC2=O)=C(c2ccc(OCCCC)cc2)C(=O)O4)C=C1. The molecule has 6 heteroatoms. The molecule has 0 N–H and O–H groups in total. The van der Waals surface area contributed by atoms with E-state index in [9.17, 15) is 9.59 Å². The second-order valence-electron chi connectivity index (χ2n) is 9.14. The highest BCUT2D eigenvalue weighted by Gasteiger charge is 2.30. The highest BCUT2D eigenvalue weighted by Crippen LogP contribution is 2.29. The molecule has 0 saturated carbocycles.